The van der Waals surface area contributed by atoms with Gasteiger partial charge in [0.15, 0.2) is 0 Å². The van der Waals surface area contributed by atoms with E-state index in [0.717, 1.165) is 16.9 Å². The highest BCUT2D eigenvalue weighted by atomic mass is 16.2. The van der Waals surface area contributed by atoms with Crippen molar-refractivity contribution in [2.75, 3.05) is 0 Å². The number of hydrogen-bond acceptors (Lipinski definition) is 3. The van der Waals surface area contributed by atoms with Crippen LogP contribution in [-0.2, 0) is 13.1 Å². The molecule has 0 unspecified atom stereocenters. The van der Waals surface area contributed by atoms with E-state index in [2.05, 4.69) is 15.3 Å². The zero-order valence-electron chi connectivity index (χ0n) is 11.2. The van der Waals surface area contributed by atoms with Gasteiger partial charge in [-0.1, -0.05) is 6.07 Å². The van der Waals surface area contributed by atoms with Crippen LogP contribution in [0.3, 0.4) is 0 Å². The third-order valence-corrected chi connectivity index (χ3v) is 3.67. The maximum absolute atomic E-state index is 12.6. The Hall–Kier alpha value is -2.89. The molecule has 0 bridgehead atoms. The van der Waals surface area contributed by atoms with Gasteiger partial charge >= 0.3 is 0 Å². The molecule has 0 fully saturated rings. The summed E-state index contributed by atoms with van der Waals surface area (Å²) in [6, 6.07) is 9.36. The van der Waals surface area contributed by atoms with E-state index in [4.69, 9.17) is 0 Å². The minimum Gasteiger partial charge on any atom is -0.328 e. The van der Waals surface area contributed by atoms with Gasteiger partial charge in [0, 0.05) is 30.1 Å². The predicted molar refractivity (Wildman–Crippen MR) is 75.7 cm³/mol. The lowest BCUT2D eigenvalue weighted by molar-refractivity contribution is 0.0749. The van der Waals surface area contributed by atoms with E-state index < -0.39 is 0 Å². The molecule has 3 heterocycles. The molecule has 1 aliphatic rings. The Morgan fingerprint density at radius 3 is 3.00 bits per heavy atom. The number of benzene rings is 1. The van der Waals surface area contributed by atoms with Crippen LogP contribution < -0.4 is 0 Å². The van der Waals surface area contributed by atoms with Crippen LogP contribution in [0.2, 0.25) is 0 Å². The van der Waals surface area contributed by atoms with Crippen LogP contribution >= 0.6 is 0 Å². The number of aromatic amines is 1. The van der Waals surface area contributed by atoms with Crippen LogP contribution in [-0.4, -0.2) is 30.8 Å². The average Bonchev–Trinajstić information content (AvgIpc) is 3.22. The summed E-state index contributed by atoms with van der Waals surface area (Å²) >= 11 is 0. The summed E-state index contributed by atoms with van der Waals surface area (Å²) in [7, 11) is 0. The molecule has 0 atom stereocenters. The summed E-state index contributed by atoms with van der Waals surface area (Å²) in [6.07, 6.45) is 5.35. The van der Waals surface area contributed by atoms with Gasteiger partial charge < -0.3 is 4.90 Å². The number of nitrogens with one attached hydrogen (secondary N) is 1. The lowest BCUT2D eigenvalue weighted by Gasteiger charge is -2.16. The van der Waals surface area contributed by atoms with Gasteiger partial charge in [-0.05, 0) is 24.3 Å². The summed E-state index contributed by atoms with van der Waals surface area (Å²) in [5.41, 5.74) is 3.66. The Labute approximate surface area is 121 Å². The molecule has 1 aromatic carbocycles. The molecule has 0 aliphatic carbocycles. The zero-order chi connectivity index (χ0) is 14.2. The first-order chi connectivity index (χ1) is 10.3. The molecule has 104 valence electrons. The molecule has 21 heavy (non-hydrogen) atoms. The number of carbonyl (C=O) groups is 1. The number of fused-ring (bicyclic) bond motifs is 1. The van der Waals surface area contributed by atoms with Crippen LogP contribution in [0, 0.1) is 0 Å². The number of H-pyrrole nitrogens is 1. The maximum atomic E-state index is 12.6. The lowest BCUT2D eigenvalue weighted by atomic mass is 10.2. The first kappa shape index (κ1) is 11.9. The highest BCUT2D eigenvalue weighted by molar-refractivity contribution is 5.95. The highest BCUT2D eigenvalue weighted by Gasteiger charge is 2.25. The number of aromatic nitrogens is 4. The molecule has 1 amide bonds. The van der Waals surface area contributed by atoms with E-state index in [0.29, 0.717) is 18.7 Å². The summed E-state index contributed by atoms with van der Waals surface area (Å²) in [6.45, 7) is 1.19. The van der Waals surface area contributed by atoms with Crippen molar-refractivity contribution in [2.24, 2.45) is 0 Å². The molecular weight excluding hydrogens is 266 g/mol. The van der Waals surface area contributed by atoms with Crippen molar-refractivity contribution in [3.05, 3.63) is 65.7 Å². The summed E-state index contributed by atoms with van der Waals surface area (Å²) in [5, 5.41) is 11.1. The Morgan fingerprint density at radius 1 is 1.24 bits per heavy atom. The molecule has 0 radical (unpaired) electrons. The molecule has 2 aromatic heterocycles. The molecule has 3 aromatic rings. The largest absolute Gasteiger partial charge is 0.328 e. The Morgan fingerprint density at radius 2 is 2.19 bits per heavy atom. The molecular formula is C15H13N5O. The number of nitrogens with zero attached hydrogens (tertiary/aromatic N) is 4. The Bertz CT molecular complexity index is 770. The van der Waals surface area contributed by atoms with E-state index in [1.807, 2.05) is 41.4 Å². The van der Waals surface area contributed by atoms with E-state index >= 15 is 0 Å². The maximum Gasteiger partial charge on any atom is 0.254 e. The SMILES string of the molecule is O=C(c1cccc(-n2cccn2)c1)N1Cc2cn[nH]c2C1. The number of amides is 1. The van der Waals surface area contributed by atoms with Crippen molar-refractivity contribution in [3.63, 3.8) is 0 Å². The summed E-state index contributed by atoms with van der Waals surface area (Å²) < 4.78 is 1.74. The quantitative estimate of drug-likeness (QED) is 0.777. The fourth-order valence-electron chi connectivity index (χ4n) is 2.59. The summed E-state index contributed by atoms with van der Waals surface area (Å²) in [5.74, 6) is 0.0219. The first-order valence-electron chi connectivity index (χ1n) is 6.72. The molecule has 0 spiro atoms. The van der Waals surface area contributed by atoms with Gasteiger partial charge in [-0.2, -0.15) is 10.2 Å². The number of rotatable bonds is 2. The predicted octanol–water partition coefficient (Wildman–Crippen LogP) is 1.75. The van der Waals surface area contributed by atoms with E-state index in [1.165, 1.54) is 0 Å². The third kappa shape index (κ3) is 2.01. The smallest absolute Gasteiger partial charge is 0.254 e. The van der Waals surface area contributed by atoms with Crippen LogP contribution in [0.15, 0.2) is 48.9 Å². The van der Waals surface area contributed by atoms with Crippen LogP contribution in [0.1, 0.15) is 21.6 Å². The fraction of sp³-hybridized carbons (Fsp3) is 0.133. The van der Waals surface area contributed by atoms with Gasteiger partial charge in [0.05, 0.1) is 24.1 Å². The van der Waals surface area contributed by atoms with Crippen molar-refractivity contribution >= 4 is 5.91 Å². The molecule has 6 heteroatoms. The standard InChI is InChI=1S/C15H13N5O/c21-15(19-9-12-8-16-18-14(12)10-19)11-3-1-4-13(7-11)20-6-2-5-17-20/h1-8H,9-10H2,(H,16,18). The zero-order valence-corrected chi connectivity index (χ0v) is 11.2. The Balaban J connectivity index is 1.61. The van der Waals surface area contributed by atoms with Gasteiger partial charge in [0.25, 0.3) is 5.91 Å². The topological polar surface area (TPSA) is 66.8 Å². The van der Waals surface area contributed by atoms with Gasteiger partial charge in [0.1, 0.15) is 0 Å². The molecule has 6 nitrogen and oxygen atoms in total. The molecule has 0 saturated heterocycles. The van der Waals surface area contributed by atoms with E-state index in [-0.39, 0.29) is 5.91 Å². The second kappa shape index (κ2) is 4.59. The fourth-order valence-corrected chi connectivity index (χ4v) is 2.59. The minimum atomic E-state index is 0.0219. The molecule has 0 saturated carbocycles. The van der Waals surface area contributed by atoms with Crippen molar-refractivity contribution in [1.29, 1.82) is 0 Å². The van der Waals surface area contributed by atoms with Crippen LogP contribution in [0.25, 0.3) is 5.69 Å². The molecule has 4 rings (SSSR count). The van der Waals surface area contributed by atoms with Crippen molar-refractivity contribution < 1.29 is 4.79 Å². The van der Waals surface area contributed by atoms with Crippen LogP contribution in [0.5, 0.6) is 0 Å². The molecule has 1 N–H and O–H groups in total. The highest BCUT2D eigenvalue weighted by Crippen LogP contribution is 2.22. The van der Waals surface area contributed by atoms with E-state index in [1.54, 1.807) is 17.1 Å². The normalized spacial score (nSPS) is 13.4. The number of carbonyl (C=O) groups excluding carboxylic acids is 1. The Kier molecular flexibility index (Phi) is 2.60. The van der Waals surface area contributed by atoms with Crippen molar-refractivity contribution in [3.8, 4) is 5.69 Å². The summed E-state index contributed by atoms with van der Waals surface area (Å²) in [4.78, 5) is 14.4. The average molecular weight is 279 g/mol. The van der Waals surface area contributed by atoms with Gasteiger partial charge in [-0.15, -0.1) is 0 Å². The molecule has 1 aliphatic heterocycles. The number of hydrogen-bond donors (Lipinski definition) is 1. The van der Waals surface area contributed by atoms with Gasteiger partial charge in [0.2, 0.25) is 0 Å². The monoisotopic (exact) mass is 279 g/mol. The van der Waals surface area contributed by atoms with Crippen LogP contribution in [0.4, 0.5) is 0 Å². The van der Waals surface area contributed by atoms with Crippen molar-refractivity contribution in [2.45, 2.75) is 13.1 Å². The van der Waals surface area contributed by atoms with Gasteiger partial charge in [-0.25, -0.2) is 4.68 Å². The van der Waals surface area contributed by atoms with E-state index in [9.17, 15) is 4.79 Å². The first-order valence-corrected chi connectivity index (χ1v) is 6.72. The third-order valence-electron chi connectivity index (χ3n) is 3.67. The second-order valence-corrected chi connectivity index (χ2v) is 5.04. The van der Waals surface area contributed by atoms with Gasteiger partial charge in [-0.3, -0.25) is 9.89 Å². The second-order valence-electron chi connectivity index (χ2n) is 5.04. The minimum absolute atomic E-state index is 0.0219. The lowest BCUT2D eigenvalue weighted by Crippen LogP contribution is -2.25. The van der Waals surface area contributed by atoms with Crippen molar-refractivity contribution in [1.82, 2.24) is 24.9 Å².